The molecular formula is C10H8FN3O. The molecule has 0 bridgehead atoms. The van der Waals surface area contributed by atoms with Gasteiger partial charge in [-0.1, -0.05) is 6.07 Å². The van der Waals surface area contributed by atoms with E-state index in [1.54, 1.807) is 12.3 Å². The number of carbonyl (C=O) groups is 1. The molecule has 2 rings (SSSR count). The van der Waals surface area contributed by atoms with Gasteiger partial charge in [-0.15, -0.1) is 0 Å². The number of hydrogen-bond donors (Lipinski definition) is 1. The number of nitrogens with two attached hydrogens (primary N) is 1. The van der Waals surface area contributed by atoms with Crippen LogP contribution in [0, 0.1) is 5.82 Å². The predicted molar refractivity (Wildman–Crippen MR) is 52.0 cm³/mol. The number of nitrogens with zero attached hydrogens (tertiary/aromatic N) is 2. The monoisotopic (exact) mass is 205 g/mol. The van der Waals surface area contributed by atoms with Gasteiger partial charge in [0, 0.05) is 12.4 Å². The van der Waals surface area contributed by atoms with Crippen molar-refractivity contribution in [2.75, 3.05) is 0 Å². The Morgan fingerprint density at radius 2 is 2.27 bits per heavy atom. The second kappa shape index (κ2) is 3.53. The van der Waals surface area contributed by atoms with Gasteiger partial charge in [0.05, 0.1) is 17.6 Å². The van der Waals surface area contributed by atoms with Crippen LogP contribution in [-0.4, -0.2) is 15.5 Å². The molecule has 0 saturated heterocycles. The topological polar surface area (TPSA) is 60.9 Å². The molecule has 0 radical (unpaired) electrons. The number of amides is 1. The van der Waals surface area contributed by atoms with Crippen LogP contribution in [0.2, 0.25) is 0 Å². The van der Waals surface area contributed by atoms with Gasteiger partial charge in [-0.25, -0.2) is 9.37 Å². The van der Waals surface area contributed by atoms with Crippen LogP contribution in [0.5, 0.6) is 0 Å². The first kappa shape index (κ1) is 9.39. The third-order valence-corrected chi connectivity index (χ3v) is 2.02. The lowest BCUT2D eigenvalue weighted by Crippen LogP contribution is -2.16. The number of aromatic nitrogens is 2. The molecule has 2 N–H and O–H groups in total. The second-order valence-corrected chi connectivity index (χ2v) is 2.97. The first-order valence-corrected chi connectivity index (χ1v) is 4.27. The molecule has 0 aliphatic heterocycles. The van der Waals surface area contributed by atoms with E-state index < -0.39 is 11.7 Å². The molecule has 15 heavy (non-hydrogen) atoms. The Bertz CT molecular complexity index is 493. The molecule has 1 amide bonds. The summed E-state index contributed by atoms with van der Waals surface area (Å²) in [7, 11) is 0. The van der Waals surface area contributed by atoms with E-state index in [4.69, 9.17) is 5.73 Å². The summed E-state index contributed by atoms with van der Waals surface area (Å²) in [6, 6.07) is 4.31. The molecule has 0 saturated carbocycles. The van der Waals surface area contributed by atoms with Crippen molar-refractivity contribution in [2.24, 2.45) is 5.73 Å². The molecule has 0 atom stereocenters. The highest BCUT2D eigenvalue weighted by molar-refractivity contribution is 5.96. The van der Waals surface area contributed by atoms with E-state index >= 15 is 0 Å². The maximum atomic E-state index is 13.4. The van der Waals surface area contributed by atoms with Gasteiger partial charge in [-0.2, -0.15) is 0 Å². The van der Waals surface area contributed by atoms with Gasteiger partial charge < -0.3 is 10.3 Å². The molecule has 0 fully saturated rings. The summed E-state index contributed by atoms with van der Waals surface area (Å²) in [4.78, 5) is 14.9. The standard InChI is InChI=1S/C10H8FN3O/c11-7-2-1-3-8(9(7)10(12)15)14-5-4-13-6-14/h1-6H,(H2,12,15). The van der Waals surface area contributed by atoms with Crippen LogP contribution in [0.1, 0.15) is 10.4 Å². The Morgan fingerprint density at radius 1 is 1.47 bits per heavy atom. The van der Waals surface area contributed by atoms with Crippen molar-refractivity contribution in [2.45, 2.75) is 0 Å². The van der Waals surface area contributed by atoms with E-state index in [1.807, 2.05) is 0 Å². The Hall–Kier alpha value is -2.17. The van der Waals surface area contributed by atoms with Crippen LogP contribution in [0.25, 0.3) is 5.69 Å². The highest BCUT2D eigenvalue weighted by Crippen LogP contribution is 2.16. The van der Waals surface area contributed by atoms with Crippen LogP contribution in [0.3, 0.4) is 0 Å². The van der Waals surface area contributed by atoms with Crippen molar-refractivity contribution in [1.29, 1.82) is 0 Å². The lowest BCUT2D eigenvalue weighted by molar-refractivity contribution is 0.0996. The molecule has 76 valence electrons. The third kappa shape index (κ3) is 1.59. The minimum Gasteiger partial charge on any atom is -0.365 e. The van der Waals surface area contributed by atoms with E-state index in [-0.39, 0.29) is 5.56 Å². The molecule has 2 aromatic rings. The molecule has 0 spiro atoms. The van der Waals surface area contributed by atoms with E-state index in [0.29, 0.717) is 5.69 Å². The number of rotatable bonds is 2. The van der Waals surface area contributed by atoms with E-state index in [0.717, 1.165) is 0 Å². The fourth-order valence-corrected chi connectivity index (χ4v) is 1.37. The maximum absolute atomic E-state index is 13.4. The van der Waals surface area contributed by atoms with Gasteiger partial charge in [-0.05, 0) is 12.1 Å². The first-order chi connectivity index (χ1) is 7.20. The summed E-state index contributed by atoms with van der Waals surface area (Å²) in [5.41, 5.74) is 5.37. The van der Waals surface area contributed by atoms with Gasteiger partial charge in [0.2, 0.25) is 0 Å². The van der Waals surface area contributed by atoms with Gasteiger partial charge in [0.15, 0.2) is 0 Å². The van der Waals surface area contributed by atoms with E-state index in [2.05, 4.69) is 4.98 Å². The number of halogens is 1. The zero-order valence-electron chi connectivity index (χ0n) is 7.72. The molecule has 0 aliphatic rings. The number of hydrogen-bond acceptors (Lipinski definition) is 2. The second-order valence-electron chi connectivity index (χ2n) is 2.97. The Morgan fingerprint density at radius 3 is 2.87 bits per heavy atom. The SMILES string of the molecule is NC(=O)c1c(F)cccc1-n1ccnc1. The minimum absolute atomic E-state index is 0.129. The van der Waals surface area contributed by atoms with Crippen molar-refractivity contribution >= 4 is 5.91 Å². The van der Waals surface area contributed by atoms with Crippen LogP contribution in [0.15, 0.2) is 36.9 Å². The van der Waals surface area contributed by atoms with Crippen molar-refractivity contribution < 1.29 is 9.18 Å². The zero-order valence-corrected chi connectivity index (χ0v) is 7.72. The lowest BCUT2D eigenvalue weighted by Gasteiger charge is -2.07. The Labute approximate surface area is 85.2 Å². The predicted octanol–water partition coefficient (Wildman–Crippen LogP) is 1.11. The third-order valence-electron chi connectivity index (χ3n) is 2.02. The van der Waals surface area contributed by atoms with Crippen LogP contribution in [-0.2, 0) is 0 Å². The summed E-state index contributed by atoms with van der Waals surface area (Å²) >= 11 is 0. The summed E-state index contributed by atoms with van der Waals surface area (Å²) in [6.45, 7) is 0. The zero-order chi connectivity index (χ0) is 10.8. The molecule has 1 aromatic heterocycles. The molecule has 5 heteroatoms. The highest BCUT2D eigenvalue weighted by atomic mass is 19.1. The van der Waals surface area contributed by atoms with Crippen molar-refractivity contribution in [3.05, 3.63) is 48.3 Å². The van der Waals surface area contributed by atoms with E-state index in [1.165, 1.54) is 29.2 Å². The van der Waals surface area contributed by atoms with Crippen LogP contribution >= 0.6 is 0 Å². The number of benzene rings is 1. The molecule has 1 aromatic carbocycles. The van der Waals surface area contributed by atoms with Crippen LogP contribution < -0.4 is 5.73 Å². The summed E-state index contributed by atoms with van der Waals surface area (Å²) < 4.78 is 14.9. The minimum atomic E-state index is -0.795. The lowest BCUT2D eigenvalue weighted by atomic mass is 10.1. The van der Waals surface area contributed by atoms with Crippen molar-refractivity contribution in [1.82, 2.24) is 9.55 Å². The average molecular weight is 205 g/mol. The molecule has 0 unspecified atom stereocenters. The molecular weight excluding hydrogens is 197 g/mol. The summed E-state index contributed by atoms with van der Waals surface area (Å²) in [6.07, 6.45) is 4.62. The Balaban J connectivity index is 2.66. The normalized spacial score (nSPS) is 10.2. The largest absolute Gasteiger partial charge is 0.365 e. The fourth-order valence-electron chi connectivity index (χ4n) is 1.37. The van der Waals surface area contributed by atoms with E-state index in [9.17, 15) is 9.18 Å². The molecule has 4 nitrogen and oxygen atoms in total. The summed E-state index contributed by atoms with van der Waals surface area (Å²) in [5.74, 6) is -1.43. The molecule has 0 aliphatic carbocycles. The van der Waals surface area contributed by atoms with Crippen molar-refractivity contribution in [3.63, 3.8) is 0 Å². The van der Waals surface area contributed by atoms with Gasteiger partial charge in [0.25, 0.3) is 5.91 Å². The summed E-state index contributed by atoms with van der Waals surface area (Å²) in [5, 5.41) is 0. The molecule has 1 heterocycles. The maximum Gasteiger partial charge on any atom is 0.253 e. The van der Waals surface area contributed by atoms with Crippen molar-refractivity contribution in [3.8, 4) is 5.69 Å². The number of carbonyl (C=O) groups excluding carboxylic acids is 1. The Kier molecular flexibility index (Phi) is 2.21. The average Bonchev–Trinajstić information content (AvgIpc) is 2.69. The van der Waals surface area contributed by atoms with Gasteiger partial charge >= 0.3 is 0 Å². The quantitative estimate of drug-likeness (QED) is 0.798. The number of imidazole rings is 1. The fraction of sp³-hybridized carbons (Fsp3) is 0. The highest BCUT2D eigenvalue weighted by Gasteiger charge is 2.14. The first-order valence-electron chi connectivity index (χ1n) is 4.27. The van der Waals surface area contributed by atoms with Gasteiger partial charge in [-0.3, -0.25) is 4.79 Å². The number of primary amides is 1. The van der Waals surface area contributed by atoms with Crippen LogP contribution in [0.4, 0.5) is 4.39 Å². The van der Waals surface area contributed by atoms with Gasteiger partial charge in [0.1, 0.15) is 5.82 Å². The smallest absolute Gasteiger partial charge is 0.253 e.